The molecule has 0 aliphatic carbocycles. The van der Waals surface area contributed by atoms with E-state index in [2.05, 4.69) is 44.3 Å². The van der Waals surface area contributed by atoms with Gasteiger partial charge in [0.05, 0.1) is 6.54 Å². The van der Waals surface area contributed by atoms with Crippen molar-refractivity contribution < 1.29 is 14.3 Å². The van der Waals surface area contributed by atoms with Crippen LogP contribution in [0, 0.1) is 0 Å². The van der Waals surface area contributed by atoms with Crippen molar-refractivity contribution in [1.29, 1.82) is 0 Å². The van der Waals surface area contributed by atoms with E-state index in [0.29, 0.717) is 18.8 Å². The lowest BCUT2D eigenvalue weighted by Crippen LogP contribution is -2.50. The first-order valence-electron chi connectivity index (χ1n) is 11.7. The highest BCUT2D eigenvalue weighted by Gasteiger charge is 2.26. The second kappa shape index (κ2) is 10.1. The maximum Gasteiger partial charge on any atom is 0.410 e. The first-order chi connectivity index (χ1) is 16.2. The molecule has 0 saturated carbocycles. The Morgan fingerprint density at radius 3 is 2.32 bits per heavy atom. The van der Waals surface area contributed by atoms with Crippen LogP contribution in [0.1, 0.15) is 33.6 Å². The molecule has 2 aliphatic heterocycles. The molecule has 2 fully saturated rings. The fourth-order valence-electron chi connectivity index (χ4n) is 4.25. The Hall–Kier alpha value is -2.94. The minimum Gasteiger partial charge on any atom is -0.485 e. The van der Waals surface area contributed by atoms with Crippen molar-refractivity contribution >= 4 is 34.9 Å². The number of rotatable bonds is 4. The molecule has 1 unspecified atom stereocenters. The maximum atomic E-state index is 12.3. The quantitative estimate of drug-likeness (QED) is 0.693. The summed E-state index contributed by atoms with van der Waals surface area (Å²) < 4.78 is 11.6. The Labute approximate surface area is 205 Å². The molecular weight excluding hydrogens is 456 g/mol. The van der Waals surface area contributed by atoms with Crippen molar-refractivity contribution in [3.05, 3.63) is 35.5 Å². The van der Waals surface area contributed by atoms with E-state index in [1.807, 2.05) is 20.8 Å². The predicted molar refractivity (Wildman–Crippen MR) is 134 cm³/mol. The maximum absolute atomic E-state index is 12.3. The number of nitrogens with two attached hydrogens (primary N) is 1. The Morgan fingerprint density at radius 1 is 1.03 bits per heavy atom. The van der Waals surface area contributed by atoms with Gasteiger partial charge in [0.2, 0.25) is 0 Å². The zero-order valence-corrected chi connectivity index (χ0v) is 20.8. The highest BCUT2D eigenvalue weighted by Crippen LogP contribution is 2.28. The highest BCUT2D eigenvalue weighted by atomic mass is 35.5. The molecule has 10 heteroatoms. The molecule has 2 N–H and O–H groups in total. The lowest BCUT2D eigenvalue weighted by molar-refractivity contribution is 0.0240. The lowest BCUT2D eigenvalue weighted by Gasteiger charge is -2.37. The predicted octanol–water partition coefficient (Wildman–Crippen LogP) is 3.82. The number of nitrogen functional groups attached to an aromatic ring is 1. The molecule has 34 heavy (non-hydrogen) atoms. The largest absolute Gasteiger partial charge is 0.485 e. The van der Waals surface area contributed by atoms with Gasteiger partial charge in [0.15, 0.2) is 16.7 Å². The monoisotopic (exact) mass is 488 g/mol. The summed E-state index contributed by atoms with van der Waals surface area (Å²) in [5.74, 6) is 0.727. The van der Waals surface area contributed by atoms with Crippen LogP contribution < -0.4 is 20.3 Å². The van der Waals surface area contributed by atoms with E-state index in [4.69, 9.17) is 26.8 Å². The van der Waals surface area contributed by atoms with Gasteiger partial charge in [-0.2, -0.15) is 0 Å². The summed E-state index contributed by atoms with van der Waals surface area (Å²) in [5, 5.41) is 7.83. The van der Waals surface area contributed by atoms with Gasteiger partial charge in [0.1, 0.15) is 11.7 Å². The average Bonchev–Trinajstić information content (AvgIpc) is 2.81. The van der Waals surface area contributed by atoms with Gasteiger partial charge in [0, 0.05) is 50.2 Å². The van der Waals surface area contributed by atoms with Crippen LogP contribution in [0.4, 0.5) is 22.0 Å². The zero-order valence-electron chi connectivity index (χ0n) is 20.0. The molecule has 9 nitrogen and oxygen atoms in total. The Morgan fingerprint density at radius 2 is 1.68 bits per heavy atom. The van der Waals surface area contributed by atoms with E-state index < -0.39 is 5.60 Å². The SMILES string of the molecule is CC(C)(C)OC(=O)N1CCN(c2ccc(N3CCCC(Oc4cc(Cl)nnc4N)C3)cc2)CC1. The summed E-state index contributed by atoms with van der Waals surface area (Å²) in [7, 11) is 0. The van der Waals surface area contributed by atoms with Gasteiger partial charge in [0.25, 0.3) is 0 Å². The second-order valence-electron chi connectivity index (χ2n) is 9.72. The van der Waals surface area contributed by atoms with Crippen LogP contribution >= 0.6 is 11.6 Å². The number of piperazine rings is 1. The number of piperidine rings is 1. The molecule has 1 aromatic heterocycles. The average molecular weight is 489 g/mol. The van der Waals surface area contributed by atoms with E-state index in [9.17, 15) is 4.79 Å². The second-order valence-corrected chi connectivity index (χ2v) is 10.1. The molecule has 184 valence electrons. The molecule has 2 saturated heterocycles. The summed E-state index contributed by atoms with van der Waals surface area (Å²) in [6.07, 6.45) is 1.72. The molecule has 0 bridgehead atoms. The van der Waals surface area contributed by atoms with Gasteiger partial charge < -0.3 is 29.9 Å². The number of carbonyl (C=O) groups excluding carboxylic acids is 1. The van der Waals surface area contributed by atoms with Crippen molar-refractivity contribution in [2.75, 3.05) is 54.8 Å². The van der Waals surface area contributed by atoms with Gasteiger partial charge in [-0.25, -0.2) is 4.79 Å². The standard InChI is InChI=1S/C24H33ClN6O3/c1-24(2,3)34-23(32)30-13-11-29(12-14-30)17-6-8-18(9-7-17)31-10-4-5-19(16-31)33-20-15-21(25)27-28-22(20)26/h6-9,15,19H,4-5,10-14,16H2,1-3H3,(H2,26,28). The number of ether oxygens (including phenoxy) is 2. The van der Waals surface area contributed by atoms with Crippen molar-refractivity contribution in [2.24, 2.45) is 0 Å². The van der Waals surface area contributed by atoms with Crippen LogP contribution in [0.25, 0.3) is 0 Å². The number of hydrogen-bond acceptors (Lipinski definition) is 8. The normalized spacial score (nSPS) is 19.2. The molecule has 0 radical (unpaired) electrons. The number of anilines is 3. The zero-order chi connectivity index (χ0) is 24.3. The van der Waals surface area contributed by atoms with Crippen molar-refractivity contribution in [2.45, 2.75) is 45.3 Å². The first kappa shape index (κ1) is 24.2. The summed E-state index contributed by atoms with van der Waals surface area (Å²) in [6.45, 7) is 10.3. The third-order valence-corrected chi connectivity index (χ3v) is 6.12. The number of nitrogens with zero attached hydrogens (tertiary/aromatic N) is 5. The molecule has 1 aromatic carbocycles. The molecule has 2 aliphatic rings. The molecular formula is C24H33ClN6O3. The lowest BCUT2D eigenvalue weighted by atomic mass is 10.1. The van der Waals surface area contributed by atoms with Gasteiger partial charge in [-0.1, -0.05) is 11.6 Å². The van der Waals surface area contributed by atoms with E-state index in [1.165, 1.54) is 0 Å². The summed E-state index contributed by atoms with van der Waals surface area (Å²) in [4.78, 5) is 18.7. The third-order valence-electron chi connectivity index (χ3n) is 5.94. The van der Waals surface area contributed by atoms with Crippen LogP contribution in [-0.4, -0.2) is 72.2 Å². The molecule has 2 aromatic rings. The Kier molecular flexibility index (Phi) is 7.21. The minimum atomic E-state index is -0.475. The number of carbonyl (C=O) groups is 1. The number of halogens is 1. The highest BCUT2D eigenvalue weighted by molar-refractivity contribution is 6.29. The number of hydrogen-bond donors (Lipinski definition) is 1. The van der Waals surface area contributed by atoms with Gasteiger partial charge in [-0.15, -0.1) is 10.2 Å². The van der Waals surface area contributed by atoms with E-state index >= 15 is 0 Å². The smallest absolute Gasteiger partial charge is 0.410 e. The van der Waals surface area contributed by atoms with Crippen molar-refractivity contribution in [3.8, 4) is 5.75 Å². The molecule has 1 atom stereocenters. The van der Waals surface area contributed by atoms with E-state index in [0.717, 1.165) is 50.4 Å². The molecule has 3 heterocycles. The Balaban J connectivity index is 1.32. The Bertz CT molecular complexity index is 989. The molecule has 1 amide bonds. The molecule has 4 rings (SSSR count). The fraction of sp³-hybridized carbons (Fsp3) is 0.542. The summed E-state index contributed by atoms with van der Waals surface area (Å²) >= 11 is 5.94. The molecule has 0 spiro atoms. The van der Waals surface area contributed by atoms with Crippen LogP contribution in [0.5, 0.6) is 5.75 Å². The minimum absolute atomic E-state index is 0.00285. The van der Waals surface area contributed by atoms with Crippen molar-refractivity contribution in [3.63, 3.8) is 0 Å². The first-order valence-corrected chi connectivity index (χ1v) is 12.1. The van der Waals surface area contributed by atoms with Crippen LogP contribution in [0.2, 0.25) is 5.15 Å². The fourth-order valence-corrected chi connectivity index (χ4v) is 4.39. The van der Waals surface area contributed by atoms with Gasteiger partial charge in [-0.05, 0) is 57.9 Å². The van der Waals surface area contributed by atoms with Gasteiger partial charge >= 0.3 is 6.09 Å². The number of amides is 1. The topological polar surface area (TPSA) is 97.0 Å². The summed E-state index contributed by atoms with van der Waals surface area (Å²) in [6, 6.07) is 10.2. The van der Waals surface area contributed by atoms with Crippen LogP contribution in [0.15, 0.2) is 30.3 Å². The number of benzene rings is 1. The van der Waals surface area contributed by atoms with E-state index in [-0.39, 0.29) is 23.2 Å². The summed E-state index contributed by atoms with van der Waals surface area (Å²) in [5.41, 5.74) is 7.72. The van der Waals surface area contributed by atoms with Crippen LogP contribution in [0.3, 0.4) is 0 Å². The number of aromatic nitrogens is 2. The van der Waals surface area contributed by atoms with Crippen LogP contribution in [-0.2, 0) is 4.74 Å². The third kappa shape index (κ3) is 6.14. The van der Waals surface area contributed by atoms with Crippen molar-refractivity contribution in [1.82, 2.24) is 15.1 Å². The van der Waals surface area contributed by atoms with E-state index in [1.54, 1.807) is 11.0 Å². The van der Waals surface area contributed by atoms with Gasteiger partial charge in [-0.3, -0.25) is 0 Å².